The predicted octanol–water partition coefficient (Wildman–Crippen LogP) is 0.611. The summed E-state index contributed by atoms with van der Waals surface area (Å²) in [5, 5.41) is 2.08. The second-order valence-electron chi connectivity index (χ2n) is 5.97. The van der Waals surface area contributed by atoms with Crippen LogP contribution in [0.5, 0.6) is 0 Å². The molecule has 1 aromatic rings. The van der Waals surface area contributed by atoms with Gasteiger partial charge in [-0.2, -0.15) is 4.31 Å². The summed E-state index contributed by atoms with van der Waals surface area (Å²) in [7, 11) is -3.24. The van der Waals surface area contributed by atoms with Crippen molar-refractivity contribution in [3.8, 4) is 0 Å². The van der Waals surface area contributed by atoms with Gasteiger partial charge in [-0.1, -0.05) is 6.07 Å². The summed E-state index contributed by atoms with van der Waals surface area (Å²) >= 11 is 1.74. The minimum Gasteiger partial charge on any atom is -0.377 e. The molecule has 1 aromatic heterocycles. The number of rotatable bonds is 3. The molecule has 22 heavy (non-hydrogen) atoms. The fraction of sp³-hybridized carbons (Fsp3) is 0.714. The molecule has 0 saturated carbocycles. The number of sulfonamides is 1. The summed E-state index contributed by atoms with van der Waals surface area (Å²) < 4.78 is 36.9. The van der Waals surface area contributed by atoms with Crippen LogP contribution >= 0.6 is 11.3 Å². The number of thiophene rings is 1. The highest BCUT2D eigenvalue weighted by Gasteiger charge is 2.42. The number of ether oxygens (including phenoxy) is 2. The lowest BCUT2D eigenvalue weighted by Crippen LogP contribution is -2.58. The molecule has 1 atom stereocenters. The molecule has 8 heteroatoms. The smallest absolute Gasteiger partial charge is 0.211 e. The molecule has 0 N–H and O–H groups in total. The molecular formula is C14H22N2O4S2. The standard InChI is InChI=1S/C14H22N2O4S2/c1-22(17,18)16-5-6-19-12-14(11-16)10-15(4-7-20-14)9-13-3-2-8-21-13/h2-3,8H,4-7,9-12H2,1H3/t14-/m0/s1. The second-order valence-corrected chi connectivity index (χ2v) is 8.99. The van der Waals surface area contributed by atoms with E-state index in [9.17, 15) is 8.42 Å². The van der Waals surface area contributed by atoms with Crippen molar-refractivity contribution in [2.75, 3.05) is 52.3 Å². The van der Waals surface area contributed by atoms with Crippen molar-refractivity contribution in [3.63, 3.8) is 0 Å². The molecule has 6 nitrogen and oxygen atoms in total. The molecule has 124 valence electrons. The minimum absolute atomic E-state index is 0.368. The van der Waals surface area contributed by atoms with Crippen molar-refractivity contribution in [3.05, 3.63) is 22.4 Å². The first-order chi connectivity index (χ1) is 10.5. The van der Waals surface area contributed by atoms with Crippen LogP contribution in [0.2, 0.25) is 0 Å². The molecule has 2 aliphatic heterocycles. The van der Waals surface area contributed by atoms with Gasteiger partial charge in [0.2, 0.25) is 10.0 Å². The van der Waals surface area contributed by atoms with Crippen molar-refractivity contribution in [1.82, 2.24) is 9.21 Å². The van der Waals surface area contributed by atoms with E-state index in [2.05, 4.69) is 22.4 Å². The van der Waals surface area contributed by atoms with Gasteiger partial charge in [0.15, 0.2) is 0 Å². The highest BCUT2D eigenvalue weighted by Crippen LogP contribution is 2.25. The van der Waals surface area contributed by atoms with E-state index in [1.807, 2.05) is 0 Å². The van der Waals surface area contributed by atoms with Gasteiger partial charge >= 0.3 is 0 Å². The zero-order valence-corrected chi connectivity index (χ0v) is 14.4. The maximum atomic E-state index is 11.9. The lowest BCUT2D eigenvalue weighted by molar-refractivity contribution is -0.139. The normalized spacial score (nSPS) is 28.8. The van der Waals surface area contributed by atoms with Gasteiger partial charge in [-0.3, -0.25) is 4.90 Å². The maximum absolute atomic E-state index is 11.9. The lowest BCUT2D eigenvalue weighted by atomic mass is 10.0. The van der Waals surface area contributed by atoms with Crippen LogP contribution in [0.15, 0.2) is 17.5 Å². The molecule has 0 amide bonds. The molecule has 2 aliphatic rings. The molecule has 0 aromatic carbocycles. The summed E-state index contributed by atoms with van der Waals surface area (Å²) in [5.41, 5.74) is -0.560. The quantitative estimate of drug-likeness (QED) is 0.803. The molecule has 2 fully saturated rings. The van der Waals surface area contributed by atoms with Gasteiger partial charge in [-0.15, -0.1) is 11.3 Å². The van der Waals surface area contributed by atoms with Gasteiger partial charge in [0.1, 0.15) is 5.60 Å². The Bertz CT molecular complexity index is 590. The Hall–Kier alpha value is -0.510. The number of nitrogens with zero attached hydrogens (tertiary/aromatic N) is 2. The highest BCUT2D eigenvalue weighted by molar-refractivity contribution is 7.88. The van der Waals surface area contributed by atoms with Crippen molar-refractivity contribution in [1.29, 1.82) is 0 Å². The third-order valence-electron chi connectivity index (χ3n) is 4.07. The summed E-state index contributed by atoms with van der Waals surface area (Å²) in [6, 6.07) is 4.18. The van der Waals surface area contributed by atoms with Crippen LogP contribution in [-0.4, -0.2) is 75.5 Å². The monoisotopic (exact) mass is 346 g/mol. The lowest BCUT2D eigenvalue weighted by Gasteiger charge is -2.42. The SMILES string of the molecule is CS(=O)(=O)N1CCOC[C@]2(CN(Cc3cccs3)CCO2)C1. The first-order valence-electron chi connectivity index (χ1n) is 7.38. The van der Waals surface area contributed by atoms with Crippen LogP contribution in [0, 0.1) is 0 Å². The zero-order valence-electron chi connectivity index (χ0n) is 12.7. The van der Waals surface area contributed by atoms with Crippen LogP contribution in [0.1, 0.15) is 4.88 Å². The molecule has 0 bridgehead atoms. The fourth-order valence-electron chi connectivity index (χ4n) is 3.02. The van der Waals surface area contributed by atoms with Crippen molar-refractivity contribution >= 4 is 21.4 Å². The van der Waals surface area contributed by atoms with Gasteiger partial charge in [0.05, 0.1) is 26.1 Å². The van der Waals surface area contributed by atoms with E-state index in [0.717, 1.165) is 13.1 Å². The zero-order chi connectivity index (χ0) is 15.6. The Morgan fingerprint density at radius 1 is 1.32 bits per heavy atom. The van der Waals surface area contributed by atoms with Crippen LogP contribution < -0.4 is 0 Å². The van der Waals surface area contributed by atoms with Crippen molar-refractivity contribution in [2.45, 2.75) is 12.1 Å². The van der Waals surface area contributed by atoms with Crippen molar-refractivity contribution in [2.24, 2.45) is 0 Å². The molecule has 3 rings (SSSR count). The molecule has 2 saturated heterocycles. The first-order valence-corrected chi connectivity index (χ1v) is 10.1. The van der Waals surface area contributed by atoms with Crippen LogP contribution in [-0.2, 0) is 26.0 Å². The van der Waals surface area contributed by atoms with E-state index in [-0.39, 0.29) is 0 Å². The van der Waals surface area contributed by atoms with Gasteiger partial charge in [0, 0.05) is 37.6 Å². The maximum Gasteiger partial charge on any atom is 0.211 e. The predicted molar refractivity (Wildman–Crippen MR) is 85.5 cm³/mol. The molecule has 3 heterocycles. The number of hydrogen-bond acceptors (Lipinski definition) is 6. The van der Waals surface area contributed by atoms with E-state index in [4.69, 9.17) is 9.47 Å². The van der Waals surface area contributed by atoms with E-state index in [0.29, 0.717) is 39.5 Å². The van der Waals surface area contributed by atoms with Crippen LogP contribution in [0.4, 0.5) is 0 Å². The number of hydrogen-bond donors (Lipinski definition) is 0. The Labute approximate surface area is 135 Å². The summed E-state index contributed by atoms with van der Waals surface area (Å²) in [6.07, 6.45) is 1.25. The van der Waals surface area contributed by atoms with E-state index in [1.54, 1.807) is 11.3 Å². The Kier molecular flexibility index (Phi) is 4.86. The number of morpholine rings is 1. The average molecular weight is 346 g/mol. The topological polar surface area (TPSA) is 59.1 Å². The summed E-state index contributed by atoms with van der Waals surface area (Å²) in [6.45, 7) is 4.66. The largest absolute Gasteiger partial charge is 0.377 e. The first kappa shape index (κ1) is 16.4. The van der Waals surface area contributed by atoms with Gasteiger partial charge < -0.3 is 9.47 Å². The molecular weight excluding hydrogens is 324 g/mol. The van der Waals surface area contributed by atoms with E-state index < -0.39 is 15.6 Å². The molecule has 1 spiro atoms. The average Bonchev–Trinajstić information content (AvgIpc) is 2.86. The second kappa shape index (κ2) is 6.54. The van der Waals surface area contributed by atoms with Crippen LogP contribution in [0.25, 0.3) is 0 Å². The Morgan fingerprint density at radius 3 is 2.91 bits per heavy atom. The van der Waals surface area contributed by atoms with Gasteiger partial charge in [-0.05, 0) is 11.4 Å². The fourth-order valence-corrected chi connectivity index (χ4v) is 4.64. The molecule has 0 radical (unpaired) electrons. The molecule has 0 aliphatic carbocycles. The Morgan fingerprint density at radius 2 is 2.18 bits per heavy atom. The van der Waals surface area contributed by atoms with E-state index >= 15 is 0 Å². The van der Waals surface area contributed by atoms with Crippen molar-refractivity contribution < 1.29 is 17.9 Å². The van der Waals surface area contributed by atoms with E-state index in [1.165, 1.54) is 15.4 Å². The Balaban J connectivity index is 1.72. The highest BCUT2D eigenvalue weighted by atomic mass is 32.2. The third-order valence-corrected chi connectivity index (χ3v) is 6.18. The molecule has 0 unspecified atom stereocenters. The van der Waals surface area contributed by atoms with Gasteiger partial charge in [-0.25, -0.2) is 8.42 Å². The third kappa shape index (κ3) is 3.87. The van der Waals surface area contributed by atoms with Gasteiger partial charge in [0.25, 0.3) is 0 Å². The van der Waals surface area contributed by atoms with Crippen LogP contribution in [0.3, 0.4) is 0 Å². The summed E-state index contributed by atoms with van der Waals surface area (Å²) in [4.78, 5) is 3.64. The minimum atomic E-state index is -3.24. The summed E-state index contributed by atoms with van der Waals surface area (Å²) in [5.74, 6) is 0.